The van der Waals surface area contributed by atoms with Crippen LogP contribution in [0.4, 0.5) is 17.1 Å². The number of anilines is 3. The molecule has 3 heteroatoms. The molecular formula is C48H43NO2. The Labute approximate surface area is 301 Å². The number of hydrogen-bond acceptors (Lipinski definition) is 3. The molecule has 0 bridgehead atoms. The first-order valence-corrected chi connectivity index (χ1v) is 17.9. The maximum absolute atomic E-state index is 13.4. The Morgan fingerprint density at radius 1 is 0.824 bits per heavy atom. The Morgan fingerprint density at radius 3 is 2.27 bits per heavy atom. The lowest BCUT2D eigenvalue weighted by Crippen LogP contribution is -2.18. The van der Waals surface area contributed by atoms with Crippen molar-refractivity contribution in [3.8, 4) is 0 Å². The van der Waals surface area contributed by atoms with E-state index in [2.05, 4.69) is 130 Å². The molecule has 2 aliphatic carbocycles. The van der Waals surface area contributed by atoms with E-state index in [1.54, 1.807) is 18.2 Å². The number of para-hydroxylation sites is 1. The van der Waals surface area contributed by atoms with Gasteiger partial charge < -0.3 is 4.90 Å². The molecule has 7 rings (SSSR count). The number of benzene rings is 5. The highest BCUT2D eigenvalue weighted by atomic mass is 16.1. The third-order valence-electron chi connectivity index (χ3n) is 10.3. The quantitative estimate of drug-likeness (QED) is 0.0846. The number of carbonyl (C=O) groups is 2. The number of ketones is 1. The molecule has 0 N–H and O–H groups in total. The van der Waals surface area contributed by atoms with Crippen molar-refractivity contribution in [1.29, 1.82) is 0 Å². The molecule has 0 heterocycles. The van der Waals surface area contributed by atoms with E-state index in [4.69, 9.17) is 0 Å². The summed E-state index contributed by atoms with van der Waals surface area (Å²) in [6.45, 7) is 9.09. The Balaban J connectivity index is 1.27. The van der Waals surface area contributed by atoms with E-state index >= 15 is 0 Å². The smallest absolute Gasteiger partial charge is 0.186 e. The van der Waals surface area contributed by atoms with Gasteiger partial charge in [-0.2, -0.15) is 0 Å². The number of carbonyl (C=O) groups excluding carboxylic acids is 2. The average molecular weight is 666 g/mol. The number of hydrogen-bond donors (Lipinski definition) is 0. The molecule has 0 saturated heterocycles. The van der Waals surface area contributed by atoms with Crippen molar-refractivity contribution in [2.24, 2.45) is 0 Å². The second kappa shape index (κ2) is 14.2. The fourth-order valence-corrected chi connectivity index (χ4v) is 7.60. The summed E-state index contributed by atoms with van der Waals surface area (Å²) in [6.07, 6.45) is 18.4. The predicted octanol–water partition coefficient (Wildman–Crippen LogP) is 12.8. The second-order valence-corrected chi connectivity index (χ2v) is 13.9. The highest BCUT2D eigenvalue weighted by Gasteiger charge is 2.35. The van der Waals surface area contributed by atoms with Gasteiger partial charge in [0.15, 0.2) is 12.1 Å². The van der Waals surface area contributed by atoms with Gasteiger partial charge in [0, 0.05) is 33.5 Å². The molecule has 0 unspecified atom stereocenters. The molecular weight excluding hydrogens is 623 g/mol. The van der Waals surface area contributed by atoms with Crippen LogP contribution in [-0.2, 0) is 5.41 Å². The molecule has 0 radical (unpaired) electrons. The van der Waals surface area contributed by atoms with Crippen molar-refractivity contribution in [3.63, 3.8) is 0 Å². The van der Waals surface area contributed by atoms with Gasteiger partial charge in [-0.15, -0.1) is 0 Å². The van der Waals surface area contributed by atoms with Gasteiger partial charge in [0.2, 0.25) is 0 Å². The maximum Gasteiger partial charge on any atom is 0.186 e. The molecule has 252 valence electrons. The predicted molar refractivity (Wildman–Crippen MR) is 215 cm³/mol. The van der Waals surface area contributed by atoms with Crippen LogP contribution >= 0.6 is 0 Å². The van der Waals surface area contributed by atoms with Crippen LogP contribution < -0.4 is 4.90 Å². The van der Waals surface area contributed by atoms with Crippen LogP contribution in [0.3, 0.4) is 0 Å². The lowest BCUT2D eigenvalue weighted by atomic mass is 9.80. The average Bonchev–Trinajstić information content (AvgIpc) is 3.36. The lowest BCUT2D eigenvalue weighted by molar-refractivity contribution is 0.103. The third-order valence-corrected chi connectivity index (χ3v) is 10.3. The normalized spacial score (nSPS) is 15.1. The zero-order valence-electron chi connectivity index (χ0n) is 29.8. The molecule has 2 aliphatic rings. The van der Waals surface area contributed by atoms with E-state index in [-0.39, 0.29) is 11.2 Å². The third kappa shape index (κ3) is 6.48. The molecule has 0 atom stereocenters. The summed E-state index contributed by atoms with van der Waals surface area (Å²) in [5, 5.41) is 1.87. The van der Waals surface area contributed by atoms with Gasteiger partial charge >= 0.3 is 0 Å². The Hall–Kier alpha value is -5.80. The molecule has 5 aromatic rings. The summed E-state index contributed by atoms with van der Waals surface area (Å²) in [5.74, 6) is -0.199. The first-order valence-electron chi connectivity index (χ1n) is 17.9. The van der Waals surface area contributed by atoms with E-state index in [0.717, 1.165) is 58.9 Å². The minimum absolute atomic E-state index is 0.126. The Kier molecular flexibility index (Phi) is 9.38. The molecule has 51 heavy (non-hydrogen) atoms. The van der Waals surface area contributed by atoms with Crippen molar-refractivity contribution in [2.75, 3.05) is 4.90 Å². The highest BCUT2D eigenvalue weighted by molar-refractivity contribution is 6.13. The largest absolute Gasteiger partial charge is 0.310 e. The van der Waals surface area contributed by atoms with Crippen LogP contribution in [0.1, 0.15) is 89.9 Å². The van der Waals surface area contributed by atoms with Gasteiger partial charge in [-0.25, -0.2) is 0 Å². The summed E-state index contributed by atoms with van der Waals surface area (Å²) in [6, 6.07) is 35.3. The number of aldehydes is 1. The van der Waals surface area contributed by atoms with Gasteiger partial charge in [0.25, 0.3) is 0 Å². The SMILES string of the molecule is CC/C=C\C1=C(C)c2ccc(N(c3ccc(/C=C/C(=O)c4cc5ccccc5cc4C=O)cc3)c3ccccc3C3=CC=CCC3)cc2C1(C)C. The lowest BCUT2D eigenvalue weighted by Gasteiger charge is -2.30. The van der Waals surface area contributed by atoms with Crippen molar-refractivity contribution in [3.05, 3.63) is 179 Å². The molecule has 0 spiro atoms. The number of allylic oxidation sites excluding steroid dienone is 9. The van der Waals surface area contributed by atoms with Crippen molar-refractivity contribution in [2.45, 2.75) is 52.4 Å². The van der Waals surface area contributed by atoms with E-state index in [0.29, 0.717) is 11.1 Å². The molecule has 0 aliphatic heterocycles. The zero-order chi connectivity index (χ0) is 35.5. The first kappa shape index (κ1) is 33.7. The molecule has 0 aromatic heterocycles. The zero-order valence-corrected chi connectivity index (χ0v) is 29.8. The van der Waals surface area contributed by atoms with Crippen LogP contribution in [0.2, 0.25) is 0 Å². The monoisotopic (exact) mass is 665 g/mol. The fraction of sp³-hybridized carbons (Fsp3) is 0.167. The van der Waals surface area contributed by atoms with Crippen molar-refractivity contribution in [1.82, 2.24) is 0 Å². The van der Waals surface area contributed by atoms with Gasteiger partial charge in [0.1, 0.15) is 0 Å². The van der Waals surface area contributed by atoms with Crippen molar-refractivity contribution >= 4 is 57.1 Å². The number of nitrogens with zero attached hydrogens (tertiary/aromatic N) is 1. The molecule has 0 fully saturated rings. The van der Waals surface area contributed by atoms with E-state index in [9.17, 15) is 9.59 Å². The van der Waals surface area contributed by atoms with E-state index < -0.39 is 0 Å². The van der Waals surface area contributed by atoms with E-state index in [1.807, 2.05) is 30.3 Å². The van der Waals surface area contributed by atoms with Gasteiger partial charge in [-0.1, -0.05) is 118 Å². The van der Waals surface area contributed by atoms with E-state index in [1.165, 1.54) is 33.4 Å². The Morgan fingerprint density at radius 2 is 1.55 bits per heavy atom. The highest BCUT2D eigenvalue weighted by Crippen LogP contribution is 2.49. The number of rotatable bonds is 10. The Bertz CT molecular complexity index is 2310. The summed E-state index contributed by atoms with van der Waals surface area (Å²) in [4.78, 5) is 27.6. The summed E-state index contributed by atoms with van der Waals surface area (Å²) in [5.41, 5.74) is 12.7. The maximum atomic E-state index is 13.4. The van der Waals surface area contributed by atoms with Crippen molar-refractivity contribution < 1.29 is 9.59 Å². The number of fused-ring (bicyclic) bond motifs is 2. The summed E-state index contributed by atoms with van der Waals surface area (Å²) >= 11 is 0. The van der Waals surface area contributed by atoms with Gasteiger partial charge in [-0.3, -0.25) is 9.59 Å². The first-order chi connectivity index (χ1) is 24.8. The van der Waals surface area contributed by atoms with Crippen LogP contribution in [0.25, 0.3) is 28.0 Å². The van der Waals surface area contributed by atoms with Crippen LogP contribution in [0, 0.1) is 0 Å². The van der Waals surface area contributed by atoms with Crippen LogP contribution in [-0.4, -0.2) is 12.1 Å². The summed E-state index contributed by atoms with van der Waals surface area (Å²) < 4.78 is 0. The minimum atomic E-state index is -0.199. The topological polar surface area (TPSA) is 37.4 Å². The van der Waals surface area contributed by atoms with Gasteiger partial charge in [0.05, 0.1) is 5.69 Å². The molecule has 0 amide bonds. The minimum Gasteiger partial charge on any atom is -0.310 e. The van der Waals surface area contributed by atoms with Crippen LogP contribution in [0.15, 0.2) is 145 Å². The standard InChI is InChI=1S/C48H43NO2/c1-5-6-19-44-33(2)41-27-26-40(31-45(41)48(44,3)4)49(46-20-13-12-18-42(46)35-14-8-7-9-15-35)39-24-21-34(22-25-39)23-28-47(51)43-30-37-17-11-10-16-36(37)29-38(43)32-50/h6-8,10-14,16-32H,5,9,15H2,1-4H3/b19-6-,28-23+. The molecule has 0 saturated carbocycles. The summed E-state index contributed by atoms with van der Waals surface area (Å²) in [7, 11) is 0. The van der Waals surface area contributed by atoms with Crippen LogP contribution in [0.5, 0.6) is 0 Å². The molecule has 5 aromatic carbocycles. The van der Waals surface area contributed by atoms with Gasteiger partial charge in [-0.05, 0) is 119 Å². The molecule has 3 nitrogen and oxygen atoms in total. The fourth-order valence-electron chi connectivity index (χ4n) is 7.60. The second-order valence-electron chi connectivity index (χ2n) is 13.9.